The third-order valence-corrected chi connectivity index (χ3v) is 5.09. The van der Waals surface area contributed by atoms with Crippen LogP contribution in [0.15, 0.2) is 29.2 Å². The molecule has 1 aliphatic rings. The van der Waals surface area contributed by atoms with Gasteiger partial charge in [-0.05, 0) is 32.0 Å². The van der Waals surface area contributed by atoms with E-state index in [9.17, 15) is 8.42 Å². The van der Waals surface area contributed by atoms with Gasteiger partial charge < -0.3 is 10.6 Å². The van der Waals surface area contributed by atoms with Crippen molar-refractivity contribution in [2.45, 2.75) is 23.8 Å². The molecule has 1 aromatic carbocycles. The molecule has 0 bridgehead atoms. The Bertz CT molecular complexity index is 580. The summed E-state index contributed by atoms with van der Waals surface area (Å²) in [6, 6.07) is 6.90. The number of hydrogen-bond donors (Lipinski definition) is 2. The van der Waals surface area contributed by atoms with Crippen LogP contribution < -0.4 is 10.5 Å². The lowest BCUT2D eigenvalue weighted by Crippen LogP contribution is -2.34. The van der Waals surface area contributed by atoms with Crippen LogP contribution in [-0.4, -0.2) is 44.5 Å². The highest BCUT2D eigenvalue weighted by atomic mass is 32.2. The van der Waals surface area contributed by atoms with Gasteiger partial charge in [0.1, 0.15) is 4.99 Å². The quantitative estimate of drug-likeness (QED) is 0.725. The van der Waals surface area contributed by atoms with Gasteiger partial charge in [0, 0.05) is 24.7 Å². The number of rotatable bonds is 7. The molecule has 0 radical (unpaired) electrons. The molecule has 0 spiro atoms. The number of nitrogens with one attached hydrogen (secondary N) is 1. The van der Waals surface area contributed by atoms with Gasteiger partial charge in [0.2, 0.25) is 10.0 Å². The molecule has 7 heteroatoms. The summed E-state index contributed by atoms with van der Waals surface area (Å²) >= 11 is 4.83. The summed E-state index contributed by atoms with van der Waals surface area (Å²) in [6.45, 7) is 1.13. The van der Waals surface area contributed by atoms with Crippen molar-refractivity contribution in [1.29, 1.82) is 0 Å². The molecule has 110 valence electrons. The van der Waals surface area contributed by atoms with E-state index >= 15 is 0 Å². The van der Waals surface area contributed by atoms with E-state index in [1.54, 1.807) is 12.1 Å². The lowest BCUT2D eigenvalue weighted by atomic mass is 10.2. The first-order valence-corrected chi connectivity index (χ1v) is 8.39. The van der Waals surface area contributed by atoms with Crippen LogP contribution >= 0.6 is 12.2 Å². The van der Waals surface area contributed by atoms with Crippen LogP contribution in [0.4, 0.5) is 0 Å². The van der Waals surface area contributed by atoms with E-state index in [0.29, 0.717) is 18.2 Å². The van der Waals surface area contributed by atoms with Crippen molar-refractivity contribution in [1.82, 2.24) is 9.62 Å². The summed E-state index contributed by atoms with van der Waals surface area (Å²) in [5, 5.41) is 0. The molecule has 1 fully saturated rings. The predicted octanol–water partition coefficient (Wildman–Crippen LogP) is 0.693. The third-order valence-electron chi connectivity index (χ3n) is 3.38. The fourth-order valence-corrected chi connectivity index (χ4v) is 3.09. The second-order valence-corrected chi connectivity index (χ2v) is 7.20. The SMILES string of the molecule is CN(CCNS(=O)(=O)c1ccc(C(N)=S)cc1)C1CC1. The van der Waals surface area contributed by atoms with Crippen LogP contribution in [0.5, 0.6) is 0 Å². The monoisotopic (exact) mass is 313 g/mol. The maximum absolute atomic E-state index is 12.1. The number of hydrogen-bond acceptors (Lipinski definition) is 4. The van der Waals surface area contributed by atoms with E-state index in [4.69, 9.17) is 18.0 Å². The van der Waals surface area contributed by atoms with E-state index in [1.807, 2.05) is 7.05 Å². The Hall–Kier alpha value is -1.02. The Morgan fingerprint density at radius 3 is 2.50 bits per heavy atom. The van der Waals surface area contributed by atoms with Crippen molar-refractivity contribution in [3.05, 3.63) is 29.8 Å². The standard InChI is InChI=1S/C13H19N3O2S2/c1-16(11-4-5-11)9-8-15-20(17,18)12-6-2-10(3-7-12)13(14)19/h2-3,6-7,11,15H,4-5,8-9H2,1H3,(H2,14,19). The first kappa shape index (κ1) is 15.4. The molecule has 0 heterocycles. The molecular weight excluding hydrogens is 294 g/mol. The van der Waals surface area contributed by atoms with Gasteiger partial charge in [-0.2, -0.15) is 0 Å². The lowest BCUT2D eigenvalue weighted by molar-refractivity contribution is 0.329. The molecule has 0 saturated heterocycles. The minimum Gasteiger partial charge on any atom is -0.389 e. The van der Waals surface area contributed by atoms with Gasteiger partial charge in [-0.3, -0.25) is 0 Å². The van der Waals surface area contributed by atoms with E-state index in [2.05, 4.69) is 9.62 Å². The molecule has 3 N–H and O–H groups in total. The van der Waals surface area contributed by atoms with Crippen LogP contribution in [-0.2, 0) is 10.0 Å². The highest BCUT2D eigenvalue weighted by Crippen LogP contribution is 2.24. The Morgan fingerprint density at radius 2 is 2.00 bits per heavy atom. The van der Waals surface area contributed by atoms with Crippen molar-refractivity contribution in [3.63, 3.8) is 0 Å². The number of nitrogens with two attached hydrogens (primary N) is 1. The molecular formula is C13H19N3O2S2. The van der Waals surface area contributed by atoms with Crippen molar-refractivity contribution in [2.75, 3.05) is 20.1 Å². The maximum atomic E-state index is 12.1. The molecule has 1 aromatic rings. The van der Waals surface area contributed by atoms with Crippen molar-refractivity contribution in [3.8, 4) is 0 Å². The van der Waals surface area contributed by atoms with Gasteiger partial charge in [0.15, 0.2) is 0 Å². The molecule has 1 saturated carbocycles. The van der Waals surface area contributed by atoms with Crippen molar-refractivity contribution < 1.29 is 8.42 Å². The molecule has 0 unspecified atom stereocenters. The highest BCUT2D eigenvalue weighted by molar-refractivity contribution is 7.89. The Balaban J connectivity index is 1.93. The fraction of sp³-hybridized carbons (Fsp3) is 0.462. The number of benzene rings is 1. The van der Waals surface area contributed by atoms with Gasteiger partial charge in [-0.25, -0.2) is 13.1 Å². The highest BCUT2D eigenvalue weighted by Gasteiger charge is 2.25. The summed E-state index contributed by atoms with van der Waals surface area (Å²) in [4.78, 5) is 2.66. The van der Waals surface area contributed by atoms with E-state index in [0.717, 1.165) is 6.54 Å². The van der Waals surface area contributed by atoms with Gasteiger partial charge >= 0.3 is 0 Å². The number of nitrogens with zero attached hydrogens (tertiary/aromatic N) is 1. The average Bonchev–Trinajstić information content (AvgIpc) is 3.22. The van der Waals surface area contributed by atoms with Crippen LogP contribution in [0, 0.1) is 0 Å². The predicted molar refractivity (Wildman–Crippen MR) is 83.2 cm³/mol. The summed E-state index contributed by atoms with van der Waals surface area (Å²) < 4.78 is 26.8. The van der Waals surface area contributed by atoms with Gasteiger partial charge in [0.25, 0.3) is 0 Å². The normalized spacial score (nSPS) is 15.5. The Morgan fingerprint density at radius 1 is 1.40 bits per heavy atom. The molecule has 1 aliphatic carbocycles. The summed E-state index contributed by atoms with van der Waals surface area (Å²) in [5.74, 6) is 0. The van der Waals surface area contributed by atoms with Crippen LogP contribution in [0.25, 0.3) is 0 Å². The number of sulfonamides is 1. The smallest absolute Gasteiger partial charge is 0.240 e. The van der Waals surface area contributed by atoms with Crippen molar-refractivity contribution in [2.24, 2.45) is 5.73 Å². The van der Waals surface area contributed by atoms with E-state index in [1.165, 1.54) is 25.0 Å². The zero-order valence-electron chi connectivity index (χ0n) is 11.4. The largest absolute Gasteiger partial charge is 0.389 e. The first-order chi connectivity index (χ1) is 9.40. The molecule has 2 rings (SSSR count). The molecule has 5 nitrogen and oxygen atoms in total. The second-order valence-electron chi connectivity index (χ2n) is 5.00. The number of likely N-dealkylation sites (N-methyl/N-ethyl adjacent to an activating group) is 1. The first-order valence-electron chi connectivity index (χ1n) is 6.50. The van der Waals surface area contributed by atoms with Crippen LogP contribution in [0.2, 0.25) is 0 Å². The minimum absolute atomic E-state index is 0.228. The zero-order valence-corrected chi connectivity index (χ0v) is 13.0. The lowest BCUT2D eigenvalue weighted by Gasteiger charge is -2.15. The maximum Gasteiger partial charge on any atom is 0.240 e. The average molecular weight is 313 g/mol. The Labute approximate surface area is 125 Å². The molecule has 0 aliphatic heterocycles. The van der Waals surface area contributed by atoms with Crippen molar-refractivity contribution >= 4 is 27.2 Å². The van der Waals surface area contributed by atoms with Gasteiger partial charge in [-0.15, -0.1) is 0 Å². The third kappa shape index (κ3) is 3.99. The second kappa shape index (κ2) is 6.17. The molecule has 0 atom stereocenters. The van der Waals surface area contributed by atoms with E-state index in [-0.39, 0.29) is 9.88 Å². The summed E-state index contributed by atoms with van der Waals surface area (Å²) in [7, 11) is -1.45. The Kier molecular flexibility index (Phi) is 4.74. The van der Waals surface area contributed by atoms with Gasteiger partial charge in [0.05, 0.1) is 4.90 Å². The van der Waals surface area contributed by atoms with E-state index < -0.39 is 10.0 Å². The number of thiocarbonyl (C=S) groups is 1. The topological polar surface area (TPSA) is 75.4 Å². The molecule has 0 aromatic heterocycles. The summed E-state index contributed by atoms with van der Waals surface area (Å²) in [6.07, 6.45) is 2.42. The molecule has 20 heavy (non-hydrogen) atoms. The minimum atomic E-state index is -3.46. The van der Waals surface area contributed by atoms with Crippen LogP contribution in [0.3, 0.4) is 0 Å². The zero-order chi connectivity index (χ0) is 14.8. The summed E-state index contributed by atoms with van der Waals surface area (Å²) in [5.41, 5.74) is 6.14. The van der Waals surface area contributed by atoms with Gasteiger partial charge in [-0.1, -0.05) is 24.4 Å². The van der Waals surface area contributed by atoms with Crippen LogP contribution in [0.1, 0.15) is 18.4 Å². The fourth-order valence-electron chi connectivity index (χ4n) is 1.94. The molecule has 0 amide bonds.